The largest absolute Gasteiger partial charge is 0.399 e. The molecular weight excluding hydrogens is 242 g/mol. The Balaban J connectivity index is 2.27. The molecule has 0 saturated heterocycles. The highest BCUT2D eigenvalue weighted by atomic mass is 16.3. The van der Waals surface area contributed by atoms with Gasteiger partial charge in [0.15, 0.2) is 0 Å². The van der Waals surface area contributed by atoms with Gasteiger partial charge in [-0.1, -0.05) is 0 Å². The molecule has 0 bridgehead atoms. The first-order valence-corrected chi connectivity index (χ1v) is 6.59. The summed E-state index contributed by atoms with van der Waals surface area (Å²) in [6.07, 6.45) is 2.23. The average Bonchev–Trinajstić information content (AvgIpc) is 3.19. The molecule has 5 heteroatoms. The van der Waals surface area contributed by atoms with Crippen LogP contribution in [0.5, 0.6) is 0 Å². The van der Waals surface area contributed by atoms with E-state index >= 15 is 0 Å². The highest BCUT2D eigenvalue weighted by Crippen LogP contribution is 2.42. The summed E-state index contributed by atoms with van der Waals surface area (Å²) in [4.78, 5) is 4.66. The van der Waals surface area contributed by atoms with Crippen LogP contribution in [0, 0.1) is 0 Å². The van der Waals surface area contributed by atoms with E-state index < -0.39 is 5.54 Å². The molecule has 1 aliphatic rings. The van der Waals surface area contributed by atoms with Crippen LogP contribution in [-0.2, 0) is 5.54 Å². The highest BCUT2D eigenvalue weighted by Gasteiger charge is 2.36. The van der Waals surface area contributed by atoms with Gasteiger partial charge >= 0.3 is 0 Å². The van der Waals surface area contributed by atoms with Gasteiger partial charge < -0.3 is 20.5 Å². The van der Waals surface area contributed by atoms with Gasteiger partial charge in [0.05, 0.1) is 29.8 Å². The molecule has 1 aliphatic carbocycles. The molecule has 0 spiro atoms. The number of rotatable bonds is 4. The van der Waals surface area contributed by atoms with Crippen molar-refractivity contribution >= 4 is 16.7 Å². The number of aromatic nitrogens is 2. The lowest BCUT2D eigenvalue weighted by Crippen LogP contribution is -2.39. The molecule has 1 saturated carbocycles. The number of aliphatic hydroxyl groups excluding tert-OH is 2. The van der Waals surface area contributed by atoms with Crippen molar-refractivity contribution in [3.8, 4) is 0 Å². The van der Waals surface area contributed by atoms with E-state index in [1.54, 1.807) is 0 Å². The number of fused-ring (bicyclic) bond motifs is 1. The summed E-state index contributed by atoms with van der Waals surface area (Å²) in [5, 5.41) is 19.3. The molecule has 0 unspecified atom stereocenters. The molecule has 2 aromatic rings. The summed E-state index contributed by atoms with van der Waals surface area (Å²) in [7, 11) is 0. The van der Waals surface area contributed by atoms with Crippen LogP contribution in [0.3, 0.4) is 0 Å². The SMILES string of the molecule is CC(CO)(CO)n1c(C2CC2)nc2cc(N)ccc21. The van der Waals surface area contributed by atoms with Crippen molar-refractivity contribution in [1.29, 1.82) is 0 Å². The quantitative estimate of drug-likeness (QED) is 0.722. The molecule has 1 heterocycles. The molecule has 0 amide bonds. The maximum absolute atomic E-state index is 9.66. The van der Waals surface area contributed by atoms with E-state index in [-0.39, 0.29) is 13.2 Å². The number of imidazole rings is 1. The van der Waals surface area contributed by atoms with Crippen molar-refractivity contribution < 1.29 is 10.2 Å². The Bertz CT molecular complexity index is 612. The molecule has 19 heavy (non-hydrogen) atoms. The van der Waals surface area contributed by atoms with E-state index in [9.17, 15) is 10.2 Å². The first kappa shape index (κ1) is 12.4. The molecule has 102 valence electrons. The van der Waals surface area contributed by atoms with Crippen LogP contribution < -0.4 is 5.73 Å². The van der Waals surface area contributed by atoms with Crippen molar-refractivity contribution in [2.45, 2.75) is 31.2 Å². The van der Waals surface area contributed by atoms with Gasteiger partial charge in [0.25, 0.3) is 0 Å². The first-order valence-electron chi connectivity index (χ1n) is 6.59. The fourth-order valence-corrected chi connectivity index (χ4v) is 2.49. The predicted molar refractivity (Wildman–Crippen MR) is 73.9 cm³/mol. The van der Waals surface area contributed by atoms with E-state index in [2.05, 4.69) is 4.98 Å². The van der Waals surface area contributed by atoms with Gasteiger partial charge in [-0.25, -0.2) is 4.98 Å². The summed E-state index contributed by atoms with van der Waals surface area (Å²) in [5.74, 6) is 1.39. The van der Waals surface area contributed by atoms with Gasteiger partial charge in [-0.2, -0.15) is 0 Å². The summed E-state index contributed by atoms with van der Waals surface area (Å²) in [5.41, 5.74) is 7.49. The molecule has 0 radical (unpaired) electrons. The number of hydrogen-bond acceptors (Lipinski definition) is 4. The third-order valence-electron chi connectivity index (χ3n) is 3.87. The number of anilines is 1. The summed E-state index contributed by atoms with van der Waals surface area (Å²) < 4.78 is 1.99. The zero-order valence-electron chi connectivity index (χ0n) is 11.0. The summed E-state index contributed by atoms with van der Waals surface area (Å²) >= 11 is 0. The molecule has 1 aromatic carbocycles. The number of nitrogens with zero attached hydrogens (tertiary/aromatic N) is 2. The lowest BCUT2D eigenvalue weighted by Gasteiger charge is -2.29. The molecule has 3 rings (SSSR count). The van der Waals surface area contributed by atoms with Gasteiger partial charge in [-0.3, -0.25) is 0 Å². The van der Waals surface area contributed by atoms with Crippen LogP contribution in [0.4, 0.5) is 5.69 Å². The number of hydrogen-bond donors (Lipinski definition) is 3. The van der Waals surface area contributed by atoms with Crippen molar-refractivity contribution in [2.24, 2.45) is 0 Å². The number of nitrogen functional groups attached to an aromatic ring is 1. The van der Waals surface area contributed by atoms with Crippen molar-refractivity contribution in [3.63, 3.8) is 0 Å². The monoisotopic (exact) mass is 261 g/mol. The van der Waals surface area contributed by atoms with Crippen molar-refractivity contribution in [3.05, 3.63) is 24.0 Å². The predicted octanol–water partition coefficient (Wildman–Crippen LogP) is 1.20. The van der Waals surface area contributed by atoms with Crippen LogP contribution in [0.2, 0.25) is 0 Å². The minimum absolute atomic E-state index is 0.126. The zero-order valence-corrected chi connectivity index (χ0v) is 11.0. The van der Waals surface area contributed by atoms with Crippen LogP contribution >= 0.6 is 0 Å². The summed E-state index contributed by atoms with van der Waals surface area (Å²) in [6, 6.07) is 5.58. The fraction of sp³-hybridized carbons (Fsp3) is 0.500. The van der Waals surface area contributed by atoms with E-state index in [4.69, 9.17) is 5.73 Å². The van der Waals surface area contributed by atoms with E-state index in [1.807, 2.05) is 29.7 Å². The molecule has 5 nitrogen and oxygen atoms in total. The number of nitrogens with two attached hydrogens (primary N) is 1. The lowest BCUT2D eigenvalue weighted by atomic mass is 10.0. The highest BCUT2D eigenvalue weighted by molar-refractivity contribution is 5.80. The molecule has 1 fully saturated rings. The molecular formula is C14H19N3O2. The Morgan fingerprint density at radius 1 is 1.37 bits per heavy atom. The first-order chi connectivity index (χ1) is 9.09. The topological polar surface area (TPSA) is 84.3 Å². The second kappa shape index (κ2) is 4.21. The lowest BCUT2D eigenvalue weighted by molar-refractivity contribution is 0.0786. The maximum Gasteiger partial charge on any atom is 0.113 e. The van der Waals surface area contributed by atoms with Crippen LogP contribution in [0.25, 0.3) is 11.0 Å². The van der Waals surface area contributed by atoms with E-state index in [0.717, 1.165) is 29.7 Å². The molecule has 0 atom stereocenters. The van der Waals surface area contributed by atoms with Gasteiger partial charge in [0, 0.05) is 11.6 Å². The van der Waals surface area contributed by atoms with E-state index in [0.29, 0.717) is 11.6 Å². The van der Waals surface area contributed by atoms with Gasteiger partial charge in [0.2, 0.25) is 0 Å². The normalized spacial score (nSPS) is 16.2. The second-order valence-corrected chi connectivity index (χ2v) is 5.64. The fourth-order valence-electron chi connectivity index (χ4n) is 2.49. The standard InChI is InChI=1S/C14H19N3O2/c1-14(7-18,8-19)17-12-5-4-10(15)6-11(12)16-13(17)9-2-3-9/h4-6,9,18-19H,2-3,7-8,15H2,1H3. The summed E-state index contributed by atoms with van der Waals surface area (Å²) in [6.45, 7) is 1.59. The Morgan fingerprint density at radius 3 is 2.63 bits per heavy atom. The third kappa shape index (κ3) is 1.89. The van der Waals surface area contributed by atoms with Gasteiger partial charge in [0.1, 0.15) is 5.82 Å². The molecule has 4 N–H and O–H groups in total. The Hall–Kier alpha value is -1.59. The smallest absolute Gasteiger partial charge is 0.113 e. The maximum atomic E-state index is 9.66. The number of benzene rings is 1. The average molecular weight is 261 g/mol. The van der Waals surface area contributed by atoms with Crippen LogP contribution in [-0.4, -0.2) is 33.0 Å². The minimum atomic E-state index is -0.733. The van der Waals surface area contributed by atoms with Crippen LogP contribution in [0.1, 0.15) is 31.5 Å². The van der Waals surface area contributed by atoms with Crippen molar-refractivity contribution in [2.75, 3.05) is 18.9 Å². The number of aliphatic hydroxyl groups is 2. The molecule has 1 aromatic heterocycles. The van der Waals surface area contributed by atoms with Gasteiger partial charge in [-0.15, -0.1) is 0 Å². The second-order valence-electron chi connectivity index (χ2n) is 5.64. The Kier molecular flexibility index (Phi) is 2.76. The minimum Gasteiger partial charge on any atom is -0.399 e. The van der Waals surface area contributed by atoms with Crippen molar-refractivity contribution in [1.82, 2.24) is 9.55 Å². The zero-order chi connectivity index (χ0) is 13.6. The Labute approximate surface area is 111 Å². The van der Waals surface area contributed by atoms with E-state index in [1.165, 1.54) is 0 Å². The van der Waals surface area contributed by atoms with Gasteiger partial charge in [-0.05, 0) is 38.0 Å². The molecule has 0 aliphatic heterocycles. The third-order valence-corrected chi connectivity index (χ3v) is 3.87. The Morgan fingerprint density at radius 2 is 2.05 bits per heavy atom. The van der Waals surface area contributed by atoms with Crippen LogP contribution in [0.15, 0.2) is 18.2 Å².